The van der Waals surface area contributed by atoms with Gasteiger partial charge in [-0.3, -0.25) is 25.2 Å². The maximum atomic E-state index is 12.2. The third kappa shape index (κ3) is 5.67. The molecule has 8 nitrogen and oxygen atoms in total. The molecule has 9 heteroatoms. The maximum absolute atomic E-state index is 12.2. The molecule has 1 fully saturated rings. The third-order valence-corrected chi connectivity index (χ3v) is 6.32. The highest BCUT2D eigenvalue weighted by Gasteiger charge is 2.38. The Bertz CT molecular complexity index is 1100. The van der Waals surface area contributed by atoms with E-state index in [0.717, 1.165) is 28.2 Å². The molecule has 32 heavy (non-hydrogen) atoms. The SMILES string of the molecule is CC1CC1C(=O)NCCC(=O)NNC(=O)c1ccc(CSc2nc3ccccc3[nH]2)cc1. The summed E-state index contributed by atoms with van der Waals surface area (Å²) in [6, 6.07) is 15.1. The molecule has 2 unspecified atom stereocenters. The number of rotatable bonds is 8. The van der Waals surface area contributed by atoms with Crippen molar-refractivity contribution in [3.63, 3.8) is 0 Å². The van der Waals surface area contributed by atoms with Gasteiger partial charge in [-0.1, -0.05) is 43.0 Å². The fourth-order valence-electron chi connectivity index (χ4n) is 3.28. The van der Waals surface area contributed by atoms with Crippen LogP contribution in [0.1, 0.15) is 35.7 Å². The van der Waals surface area contributed by atoms with Crippen molar-refractivity contribution in [1.82, 2.24) is 26.1 Å². The molecule has 1 heterocycles. The summed E-state index contributed by atoms with van der Waals surface area (Å²) in [5.74, 6) is 0.459. The molecule has 2 atom stereocenters. The summed E-state index contributed by atoms with van der Waals surface area (Å²) < 4.78 is 0. The first kappa shape index (κ1) is 21.9. The van der Waals surface area contributed by atoms with E-state index in [1.807, 2.05) is 43.3 Å². The van der Waals surface area contributed by atoms with E-state index in [4.69, 9.17) is 0 Å². The summed E-state index contributed by atoms with van der Waals surface area (Å²) in [6.45, 7) is 2.28. The van der Waals surface area contributed by atoms with E-state index < -0.39 is 5.91 Å². The van der Waals surface area contributed by atoms with E-state index in [1.54, 1.807) is 23.9 Å². The van der Waals surface area contributed by atoms with Crippen molar-refractivity contribution in [3.8, 4) is 0 Å². The Kier molecular flexibility index (Phi) is 6.75. The second-order valence-corrected chi connectivity index (χ2v) is 8.87. The zero-order chi connectivity index (χ0) is 22.5. The van der Waals surface area contributed by atoms with Crippen molar-refractivity contribution < 1.29 is 14.4 Å². The molecule has 1 aromatic heterocycles. The zero-order valence-corrected chi connectivity index (χ0v) is 18.5. The first-order valence-corrected chi connectivity index (χ1v) is 11.5. The lowest BCUT2D eigenvalue weighted by Gasteiger charge is -2.08. The van der Waals surface area contributed by atoms with Gasteiger partial charge in [0.25, 0.3) is 5.91 Å². The standard InChI is InChI=1S/C23H25N5O3S/c1-14-12-17(14)22(31)24-11-10-20(29)27-28-21(30)16-8-6-15(7-9-16)13-32-23-25-18-4-2-3-5-19(18)26-23/h2-9,14,17H,10-13H2,1H3,(H,24,31)(H,25,26)(H,27,29)(H,28,30). The van der Waals surface area contributed by atoms with Crippen LogP contribution in [-0.4, -0.2) is 34.2 Å². The normalized spacial score (nSPS) is 17.0. The van der Waals surface area contributed by atoms with E-state index in [1.165, 1.54) is 0 Å². The van der Waals surface area contributed by atoms with Crippen LogP contribution < -0.4 is 16.2 Å². The molecule has 0 aliphatic heterocycles. The van der Waals surface area contributed by atoms with E-state index in [-0.39, 0.29) is 30.7 Å². The number of thioether (sulfide) groups is 1. The van der Waals surface area contributed by atoms with Gasteiger partial charge in [0.1, 0.15) is 0 Å². The highest BCUT2D eigenvalue weighted by Crippen LogP contribution is 2.37. The number of amides is 3. The second-order valence-electron chi connectivity index (χ2n) is 7.91. The number of carbonyl (C=O) groups excluding carboxylic acids is 3. The van der Waals surface area contributed by atoms with Crippen molar-refractivity contribution >= 4 is 40.5 Å². The fraction of sp³-hybridized carbons (Fsp3) is 0.304. The third-order valence-electron chi connectivity index (χ3n) is 5.37. The Morgan fingerprint density at radius 3 is 2.56 bits per heavy atom. The number of imidazole rings is 1. The predicted molar refractivity (Wildman–Crippen MR) is 123 cm³/mol. The molecule has 0 radical (unpaired) electrons. The number of aromatic amines is 1. The van der Waals surface area contributed by atoms with Crippen LogP contribution in [0.3, 0.4) is 0 Å². The van der Waals surface area contributed by atoms with Crippen molar-refractivity contribution in [2.24, 2.45) is 11.8 Å². The number of benzene rings is 2. The van der Waals surface area contributed by atoms with Crippen LogP contribution in [0.4, 0.5) is 0 Å². The molecule has 0 bridgehead atoms. The van der Waals surface area contributed by atoms with Crippen molar-refractivity contribution in [2.75, 3.05) is 6.54 Å². The largest absolute Gasteiger partial charge is 0.355 e. The molecule has 4 N–H and O–H groups in total. The van der Waals surface area contributed by atoms with E-state index in [9.17, 15) is 14.4 Å². The molecular formula is C23H25N5O3S. The van der Waals surface area contributed by atoms with Gasteiger partial charge in [0, 0.05) is 30.2 Å². The predicted octanol–water partition coefficient (Wildman–Crippen LogP) is 2.78. The quantitative estimate of drug-likeness (QED) is 0.310. The number of carbonyl (C=O) groups is 3. The summed E-state index contributed by atoms with van der Waals surface area (Å²) in [5, 5.41) is 3.59. The number of nitrogens with zero attached hydrogens (tertiary/aromatic N) is 1. The van der Waals surface area contributed by atoms with Gasteiger partial charge in [0.05, 0.1) is 11.0 Å². The minimum atomic E-state index is -0.398. The van der Waals surface area contributed by atoms with Crippen LogP contribution in [-0.2, 0) is 15.3 Å². The van der Waals surface area contributed by atoms with Crippen LogP contribution in [0.25, 0.3) is 11.0 Å². The number of fused-ring (bicyclic) bond motifs is 1. The van der Waals surface area contributed by atoms with Gasteiger partial charge >= 0.3 is 0 Å². The van der Waals surface area contributed by atoms with E-state index >= 15 is 0 Å². The minimum absolute atomic E-state index is 0.00656. The number of hydrogen-bond donors (Lipinski definition) is 4. The summed E-state index contributed by atoms with van der Waals surface area (Å²) in [7, 11) is 0. The van der Waals surface area contributed by atoms with Crippen LogP contribution in [0.5, 0.6) is 0 Å². The van der Waals surface area contributed by atoms with Gasteiger partial charge in [-0.25, -0.2) is 4.98 Å². The van der Waals surface area contributed by atoms with Gasteiger partial charge in [-0.05, 0) is 42.2 Å². The molecule has 1 aliphatic rings. The Hall–Kier alpha value is -3.33. The molecule has 0 saturated heterocycles. The molecule has 0 spiro atoms. The number of para-hydroxylation sites is 2. The maximum Gasteiger partial charge on any atom is 0.269 e. The number of hydrogen-bond acceptors (Lipinski definition) is 5. The fourth-order valence-corrected chi connectivity index (χ4v) is 4.12. The summed E-state index contributed by atoms with van der Waals surface area (Å²) in [5.41, 5.74) is 8.21. The smallest absolute Gasteiger partial charge is 0.269 e. The van der Waals surface area contributed by atoms with Crippen molar-refractivity contribution in [1.29, 1.82) is 0 Å². The molecule has 4 rings (SSSR count). The van der Waals surface area contributed by atoms with Crippen molar-refractivity contribution in [2.45, 2.75) is 30.7 Å². The number of hydrazine groups is 1. The van der Waals surface area contributed by atoms with Gasteiger partial charge < -0.3 is 10.3 Å². The molecule has 166 valence electrons. The first-order chi connectivity index (χ1) is 15.5. The van der Waals surface area contributed by atoms with Crippen molar-refractivity contribution in [3.05, 3.63) is 59.7 Å². The molecule has 3 amide bonds. The molecule has 1 aliphatic carbocycles. The van der Waals surface area contributed by atoms with Crippen LogP contribution >= 0.6 is 11.8 Å². The van der Waals surface area contributed by atoms with Gasteiger partial charge in [0.15, 0.2) is 5.16 Å². The summed E-state index contributed by atoms with van der Waals surface area (Å²) in [4.78, 5) is 43.6. The average molecular weight is 452 g/mol. The first-order valence-electron chi connectivity index (χ1n) is 10.5. The highest BCUT2D eigenvalue weighted by molar-refractivity contribution is 7.98. The highest BCUT2D eigenvalue weighted by atomic mass is 32.2. The summed E-state index contributed by atoms with van der Waals surface area (Å²) in [6.07, 6.45) is 1.01. The van der Waals surface area contributed by atoms with Gasteiger partial charge in [-0.2, -0.15) is 0 Å². The Morgan fingerprint density at radius 1 is 1.09 bits per heavy atom. The van der Waals surface area contributed by atoms with Crippen LogP contribution in [0.2, 0.25) is 0 Å². The topological polar surface area (TPSA) is 116 Å². The molecule has 3 aromatic rings. The number of aromatic nitrogens is 2. The monoisotopic (exact) mass is 451 g/mol. The lowest BCUT2D eigenvalue weighted by atomic mass is 10.1. The van der Waals surface area contributed by atoms with E-state index in [0.29, 0.717) is 17.2 Å². The Morgan fingerprint density at radius 2 is 1.84 bits per heavy atom. The number of H-pyrrole nitrogens is 1. The Balaban J connectivity index is 1.18. The number of nitrogens with one attached hydrogen (secondary N) is 4. The van der Waals surface area contributed by atoms with Crippen LogP contribution in [0.15, 0.2) is 53.7 Å². The minimum Gasteiger partial charge on any atom is -0.355 e. The molecular weight excluding hydrogens is 426 g/mol. The lowest BCUT2D eigenvalue weighted by Crippen LogP contribution is -2.42. The molecule has 2 aromatic carbocycles. The second kappa shape index (κ2) is 9.86. The Labute approximate surface area is 189 Å². The van der Waals surface area contributed by atoms with Gasteiger partial charge in [0.2, 0.25) is 11.8 Å². The summed E-state index contributed by atoms with van der Waals surface area (Å²) >= 11 is 1.59. The van der Waals surface area contributed by atoms with Crippen LogP contribution in [0, 0.1) is 11.8 Å². The zero-order valence-electron chi connectivity index (χ0n) is 17.7. The molecule has 1 saturated carbocycles. The average Bonchev–Trinajstić information content (AvgIpc) is 3.39. The van der Waals surface area contributed by atoms with E-state index in [2.05, 4.69) is 26.1 Å². The van der Waals surface area contributed by atoms with Gasteiger partial charge in [-0.15, -0.1) is 0 Å². The lowest BCUT2D eigenvalue weighted by molar-refractivity contribution is -0.123.